The quantitative estimate of drug-likeness (QED) is 0.709. The number of imide groups is 1. The SMILES string of the molecule is CN(CC(=O)Nc1ccc(Cl)cc1)C(=O)CN1CC(=O)NC(=O)C1. The molecule has 24 heavy (non-hydrogen) atoms. The average Bonchev–Trinajstić information content (AvgIpc) is 2.48. The highest BCUT2D eigenvalue weighted by molar-refractivity contribution is 6.30. The third-order valence-corrected chi connectivity index (χ3v) is 3.56. The van der Waals surface area contributed by atoms with Crippen molar-refractivity contribution in [2.75, 3.05) is 38.5 Å². The van der Waals surface area contributed by atoms with Gasteiger partial charge in [0.2, 0.25) is 23.6 Å². The minimum absolute atomic E-state index is 0.0255. The first-order valence-corrected chi connectivity index (χ1v) is 7.55. The van der Waals surface area contributed by atoms with E-state index >= 15 is 0 Å². The monoisotopic (exact) mass is 352 g/mol. The summed E-state index contributed by atoms with van der Waals surface area (Å²) in [6, 6.07) is 6.59. The Bertz CT molecular complexity index is 646. The first-order chi connectivity index (χ1) is 11.3. The number of anilines is 1. The maximum atomic E-state index is 12.1. The predicted octanol–water partition coefficient (Wildman–Crippen LogP) is -0.305. The maximum absolute atomic E-state index is 12.1. The summed E-state index contributed by atoms with van der Waals surface area (Å²) in [5.41, 5.74) is 0.573. The number of benzene rings is 1. The van der Waals surface area contributed by atoms with Gasteiger partial charge in [0, 0.05) is 17.8 Å². The molecule has 1 aliphatic rings. The van der Waals surface area contributed by atoms with E-state index in [4.69, 9.17) is 11.6 Å². The third-order valence-electron chi connectivity index (χ3n) is 3.31. The molecule has 0 aromatic heterocycles. The Kier molecular flexibility index (Phi) is 5.88. The van der Waals surface area contributed by atoms with Gasteiger partial charge in [-0.05, 0) is 24.3 Å². The summed E-state index contributed by atoms with van der Waals surface area (Å²) >= 11 is 5.76. The number of carbonyl (C=O) groups is 4. The van der Waals surface area contributed by atoms with Gasteiger partial charge < -0.3 is 10.2 Å². The number of hydrogen-bond acceptors (Lipinski definition) is 5. The van der Waals surface area contributed by atoms with Crippen molar-refractivity contribution in [3.05, 3.63) is 29.3 Å². The van der Waals surface area contributed by atoms with E-state index in [1.54, 1.807) is 24.3 Å². The number of likely N-dealkylation sites (N-methyl/N-ethyl adjacent to an activating group) is 1. The Morgan fingerprint density at radius 3 is 2.38 bits per heavy atom. The number of carbonyl (C=O) groups excluding carboxylic acids is 4. The van der Waals surface area contributed by atoms with Crippen molar-refractivity contribution >= 4 is 40.9 Å². The number of rotatable bonds is 5. The van der Waals surface area contributed by atoms with Crippen LogP contribution in [0.2, 0.25) is 5.02 Å². The van der Waals surface area contributed by atoms with Crippen LogP contribution in [0, 0.1) is 0 Å². The highest BCUT2D eigenvalue weighted by Crippen LogP contribution is 2.13. The van der Waals surface area contributed by atoms with Crippen LogP contribution in [0.15, 0.2) is 24.3 Å². The zero-order valence-electron chi connectivity index (χ0n) is 13.0. The Labute approximate surface area is 143 Å². The van der Waals surface area contributed by atoms with Gasteiger partial charge in [-0.15, -0.1) is 0 Å². The van der Waals surface area contributed by atoms with Crippen LogP contribution in [0.4, 0.5) is 5.69 Å². The topological polar surface area (TPSA) is 98.8 Å². The van der Waals surface area contributed by atoms with Crippen molar-refractivity contribution in [1.82, 2.24) is 15.1 Å². The molecule has 1 aromatic carbocycles. The average molecular weight is 353 g/mol. The van der Waals surface area contributed by atoms with E-state index in [9.17, 15) is 19.2 Å². The number of piperazine rings is 1. The normalized spacial score (nSPS) is 14.9. The number of nitrogens with zero attached hydrogens (tertiary/aromatic N) is 2. The van der Waals surface area contributed by atoms with E-state index in [-0.39, 0.29) is 38.0 Å². The molecule has 0 bridgehead atoms. The third kappa shape index (κ3) is 5.32. The molecule has 8 nitrogen and oxygen atoms in total. The van der Waals surface area contributed by atoms with Crippen LogP contribution in [-0.2, 0) is 19.2 Å². The summed E-state index contributed by atoms with van der Waals surface area (Å²) in [4.78, 5) is 49.2. The van der Waals surface area contributed by atoms with Gasteiger partial charge in [0.05, 0.1) is 26.2 Å². The summed E-state index contributed by atoms with van der Waals surface area (Å²) in [5, 5.41) is 5.36. The molecule has 1 aliphatic heterocycles. The second-order valence-corrected chi connectivity index (χ2v) is 5.86. The highest BCUT2D eigenvalue weighted by Gasteiger charge is 2.25. The Morgan fingerprint density at radius 1 is 1.21 bits per heavy atom. The largest absolute Gasteiger partial charge is 0.335 e. The van der Waals surface area contributed by atoms with Crippen LogP contribution in [0.5, 0.6) is 0 Å². The smallest absolute Gasteiger partial charge is 0.243 e. The van der Waals surface area contributed by atoms with Gasteiger partial charge in [-0.25, -0.2) is 0 Å². The molecule has 128 valence electrons. The van der Waals surface area contributed by atoms with Crippen LogP contribution >= 0.6 is 11.6 Å². The summed E-state index contributed by atoms with van der Waals surface area (Å²) in [6.45, 7) is -0.302. The standard InChI is InChI=1S/C15H17ClN4O4/c1-19(6-12(21)17-11-4-2-10(16)3-5-11)15(24)9-20-7-13(22)18-14(23)8-20/h2-5H,6-9H2,1H3,(H,17,21)(H,18,22,23). The predicted molar refractivity (Wildman–Crippen MR) is 87.3 cm³/mol. The van der Waals surface area contributed by atoms with Crippen LogP contribution in [0.3, 0.4) is 0 Å². The fourth-order valence-electron chi connectivity index (χ4n) is 2.16. The molecule has 1 fully saturated rings. The first-order valence-electron chi connectivity index (χ1n) is 7.18. The molecule has 0 spiro atoms. The zero-order chi connectivity index (χ0) is 17.7. The van der Waals surface area contributed by atoms with Crippen molar-refractivity contribution in [2.24, 2.45) is 0 Å². The molecule has 1 heterocycles. The molecule has 2 rings (SSSR count). The number of amides is 4. The second-order valence-electron chi connectivity index (χ2n) is 5.42. The molecule has 2 N–H and O–H groups in total. The lowest BCUT2D eigenvalue weighted by Gasteiger charge is -2.26. The molecule has 0 unspecified atom stereocenters. The van der Waals surface area contributed by atoms with Crippen LogP contribution in [0.25, 0.3) is 0 Å². The minimum Gasteiger partial charge on any atom is -0.335 e. The molecular formula is C15H17ClN4O4. The Hall–Kier alpha value is -2.45. The Balaban J connectivity index is 1.82. The zero-order valence-corrected chi connectivity index (χ0v) is 13.8. The van der Waals surface area contributed by atoms with Gasteiger partial charge in [-0.1, -0.05) is 11.6 Å². The van der Waals surface area contributed by atoms with Crippen LogP contribution in [-0.4, -0.2) is 66.7 Å². The first kappa shape index (κ1) is 17.9. The lowest BCUT2D eigenvalue weighted by Crippen LogP contribution is -2.54. The van der Waals surface area contributed by atoms with Gasteiger partial charge in [0.15, 0.2) is 0 Å². The van der Waals surface area contributed by atoms with E-state index in [1.165, 1.54) is 16.8 Å². The number of nitrogens with one attached hydrogen (secondary N) is 2. The summed E-state index contributed by atoms with van der Waals surface area (Å²) < 4.78 is 0. The summed E-state index contributed by atoms with van der Waals surface area (Å²) in [5.74, 6) is -1.60. The summed E-state index contributed by atoms with van der Waals surface area (Å²) in [7, 11) is 1.48. The molecule has 0 atom stereocenters. The lowest BCUT2D eigenvalue weighted by atomic mass is 10.3. The molecule has 0 aliphatic carbocycles. The van der Waals surface area contributed by atoms with Crippen molar-refractivity contribution < 1.29 is 19.2 Å². The molecule has 9 heteroatoms. The number of hydrogen-bond donors (Lipinski definition) is 2. The van der Waals surface area contributed by atoms with Crippen molar-refractivity contribution in [1.29, 1.82) is 0 Å². The molecule has 1 saturated heterocycles. The van der Waals surface area contributed by atoms with Crippen molar-refractivity contribution in [3.63, 3.8) is 0 Å². The van der Waals surface area contributed by atoms with Crippen LogP contribution in [0.1, 0.15) is 0 Å². The van der Waals surface area contributed by atoms with E-state index in [1.807, 2.05) is 0 Å². The fourth-order valence-corrected chi connectivity index (χ4v) is 2.28. The summed E-state index contributed by atoms with van der Waals surface area (Å²) in [6.07, 6.45) is 0. The van der Waals surface area contributed by atoms with E-state index in [2.05, 4.69) is 10.6 Å². The van der Waals surface area contributed by atoms with Gasteiger partial charge in [0.25, 0.3) is 0 Å². The molecule has 4 amide bonds. The van der Waals surface area contributed by atoms with Gasteiger partial charge >= 0.3 is 0 Å². The van der Waals surface area contributed by atoms with Gasteiger partial charge in [0.1, 0.15) is 0 Å². The Morgan fingerprint density at radius 2 is 1.79 bits per heavy atom. The lowest BCUT2D eigenvalue weighted by molar-refractivity contribution is -0.139. The minimum atomic E-state index is -0.442. The molecule has 0 radical (unpaired) electrons. The van der Waals surface area contributed by atoms with Crippen molar-refractivity contribution in [2.45, 2.75) is 0 Å². The molecular weight excluding hydrogens is 336 g/mol. The van der Waals surface area contributed by atoms with Gasteiger partial charge in [-0.2, -0.15) is 0 Å². The van der Waals surface area contributed by atoms with E-state index in [0.717, 1.165) is 0 Å². The molecule has 0 saturated carbocycles. The molecule has 1 aromatic rings. The second kappa shape index (κ2) is 7.89. The fraction of sp³-hybridized carbons (Fsp3) is 0.333. The number of halogens is 1. The van der Waals surface area contributed by atoms with E-state index < -0.39 is 11.8 Å². The highest BCUT2D eigenvalue weighted by atomic mass is 35.5. The van der Waals surface area contributed by atoms with Gasteiger partial charge in [-0.3, -0.25) is 29.4 Å². The van der Waals surface area contributed by atoms with Crippen LogP contribution < -0.4 is 10.6 Å². The van der Waals surface area contributed by atoms with Crippen molar-refractivity contribution in [3.8, 4) is 0 Å². The maximum Gasteiger partial charge on any atom is 0.243 e. The van der Waals surface area contributed by atoms with E-state index in [0.29, 0.717) is 10.7 Å².